The van der Waals surface area contributed by atoms with Crippen LogP contribution in [0.3, 0.4) is 0 Å². The first-order valence-electron chi connectivity index (χ1n) is 13.0. The monoisotopic (exact) mass is 632 g/mol. The molecule has 0 bridgehead atoms. The Hall–Kier alpha value is -3.09. The fourth-order valence-electron chi connectivity index (χ4n) is 5.59. The molecular formula is C37H28Cl2Zr-2. The van der Waals surface area contributed by atoms with Crippen molar-refractivity contribution in [2.45, 2.75) is 13.8 Å². The van der Waals surface area contributed by atoms with Gasteiger partial charge in [-0.15, -0.1) is 33.7 Å². The van der Waals surface area contributed by atoms with Crippen molar-refractivity contribution in [1.82, 2.24) is 0 Å². The Labute approximate surface area is 262 Å². The van der Waals surface area contributed by atoms with Crippen LogP contribution in [0.1, 0.15) is 13.8 Å². The molecule has 0 N–H and O–H groups in total. The van der Waals surface area contributed by atoms with Gasteiger partial charge in [0.25, 0.3) is 0 Å². The minimum Gasteiger partial charge on any atom is -1.00 e. The van der Waals surface area contributed by atoms with Crippen molar-refractivity contribution >= 4 is 67.8 Å². The summed E-state index contributed by atoms with van der Waals surface area (Å²) < 4.78 is 1.51. The van der Waals surface area contributed by atoms with Crippen molar-refractivity contribution in [2.75, 3.05) is 0 Å². The van der Waals surface area contributed by atoms with Gasteiger partial charge in [0, 0.05) is 0 Å². The van der Waals surface area contributed by atoms with Gasteiger partial charge < -0.3 is 24.8 Å². The molecule has 0 saturated carbocycles. The molecule has 0 aliphatic heterocycles. The van der Waals surface area contributed by atoms with E-state index in [1.54, 1.807) is 24.2 Å². The third-order valence-corrected chi connectivity index (χ3v) is 7.08. The van der Waals surface area contributed by atoms with Gasteiger partial charge in [-0.1, -0.05) is 129 Å². The molecule has 0 amide bonds. The van der Waals surface area contributed by atoms with Gasteiger partial charge in [-0.3, -0.25) is 0 Å². The number of hydrogen-bond acceptors (Lipinski definition) is 0. The normalized spacial score (nSPS) is 10.5. The van der Waals surface area contributed by atoms with E-state index in [9.17, 15) is 0 Å². The van der Waals surface area contributed by atoms with Crippen LogP contribution in [0, 0.1) is 0 Å². The Bertz CT molecular complexity index is 1790. The van der Waals surface area contributed by atoms with E-state index in [-0.39, 0.29) is 24.8 Å². The Morgan fingerprint density at radius 3 is 0.875 bits per heavy atom. The number of rotatable bonds is 0. The smallest absolute Gasteiger partial charge is 0.0293 e. The summed E-state index contributed by atoms with van der Waals surface area (Å²) in [5.41, 5.74) is 0. The van der Waals surface area contributed by atoms with Gasteiger partial charge in [-0.05, 0) is 10.8 Å². The Morgan fingerprint density at radius 1 is 0.400 bits per heavy atom. The van der Waals surface area contributed by atoms with Gasteiger partial charge in [0.2, 0.25) is 0 Å². The van der Waals surface area contributed by atoms with Crippen LogP contribution in [-0.2, 0) is 24.2 Å². The first kappa shape index (κ1) is 29.9. The molecule has 0 saturated heterocycles. The maximum Gasteiger partial charge on any atom is -0.0293 e. The minimum absolute atomic E-state index is 0. The van der Waals surface area contributed by atoms with E-state index >= 15 is 0 Å². The van der Waals surface area contributed by atoms with E-state index in [1.165, 1.54) is 67.8 Å². The zero-order valence-corrected chi connectivity index (χ0v) is 26.4. The summed E-state index contributed by atoms with van der Waals surface area (Å²) in [7, 11) is 0. The predicted molar refractivity (Wildman–Crippen MR) is 165 cm³/mol. The minimum atomic E-state index is 0. The van der Waals surface area contributed by atoms with Crippen LogP contribution in [0.5, 0.6) is 0 Å². The molecule has 0 unspecified atom stereocenters. The number of halogens is 2. The molecule has 0 radical (unpaired) electrons. The standard InChI is InChI=1S/2C17H11.C3H6.2ClH.Zr/c2*1-3-8-14-12(6-1)13-7-2-4-9-15(13)17-11-5-10-16(14)17;1-3-2;;;/h2*1-11H;1-2H3;2*1H;/q2*-1;;;;+2/p-2. The molecule has 40 heavy (non-hydrogen) atoms. The summed E-state index contributed by atoms with van der Waals surface area (Å²) in [4.78, 5) is 0. The van der Waals surface area contributed by atoms with Crippen LogP contribution in [0.15, 0.2) is 133 Å². The van der Waals surface area contributed by atoms with Gasteiger partial charge in [-0.25, -0.2) is 0 Å². The van der Waals surface area contributed by atoms with Crippen LogP contribution in [0.4, 0.5) is 0 Å². The summed E-state index contributed by atoms with van der Waals surface area (Å²) in [6.07, 6.45) is 0. The topological polar surface area (TPSA) is 0 Å². The molecule has 0 aromatic heterocycles. The van der Waals surface area contributed by atoms with Crippen molar-refractivity contribution in [3.63, 3.8) is 0 Å². The zero-order valence-electron chi connectivity index (χ0n) is 22.5. The summed E-state index contributed by atoms with van der Waals surface area (Å²) in [6.45, 7) is 4.25. The van der Waals surface area contributed by atoms with Crippen molar-refractivity contribution in [3.05, 3.63) is 133 Å². The van der Waals surface area contributed by atoms with Crippen molar-refractivity contribution < 1.29 is 49.0 Å². The third kappa shape index (κ3) is 5.57. The molecule has 8 aromatic carbocycles. The van der Waals surface area contributed by atoms with E-state index in [1.807, 2.05) is 0 Å². The molecular weight excluding hydrogens is 607 g/mol. The molecule has 0 heterocycles. The van der Waals surface area contributed by atoms with E-state index in [4.69, 9.17) is 0 Å². The average Bonchev–Trinajstić information content (AvgIpc) is 3.65. The second kappa shape index (κ2) is 13.1. The first-order valence-corrected chi connectivity index (χ1v) is 14.3. The molecule has 196 valence electrons. The van der Waals surface area contributed by atoms with Gasteiger partial charge in [0.05, 0.1) is 0 Å². The number of fused-ring (bicyclic) bond motifs is 12. The molecule has 8 rings (SSSR count). The second-order valence-corrected chi connectivity index (χ2v) is 12.3. The molecule has 0 nitrogen and oxygen atoms in total. The van der Waals surface area contributed by atoms with E-state index in [0.29, 0.717) is 0 Å². The molecule has 8 aromatic rings. The van der Waals surface area contributed by atoms with Crippen molar-refractivity contribution in [2.24, 2.45) is 0 Å². The van der Waals surface area contributed by atoms with Crippen LogP contribution in [0.2, 0.25) is 0 Å². The maximum absolute atomic E-state index is 2.21. The molecule has 0 spiro atoms. The van der Waals surface area contributed by atoms with Crippen LogP contribution in [-0.4, -0.2) is 3.21 Å². The van der Waals surface area contributed by atoms with Crippen LogP contribution in [0.25, 0.3) is 64.6 Å². The summed E-state index contributed by atoms with van der Waals surface area (Å²) in [5.74, 6) is 0. The Kier molecular flexibility index (Phi) is 9.75. The van der Waals surface area contributed by atoms with Crippen LogP contribution >= 0.6 is 0 Å². The van der Waals surface area contributed by atoms with Gasteiger partial charge in [0.15, 0.2) is 0 Å². The number of benzene rings is 6. The zero-order chi connectivity index (χ0) is 26.1. The molecule has 0 aliphatic carbocycles. The first-order chi connectivity index (χ1) is 18.6. The fraction of sp³-hybridized carbons (Fsp3) is 0.0541. The Balaban J connectivity index is 0.000000157. The second-order valence-electron chi connectivity index (χ2n) is 9.89. The summed E-state index contributed by atoms with van der Waals surface area (Å²) in [6, 6.07) is 47.8. The third-order valence-electron chi connectivity index (χ3n) is 7.08. The average molecular weight is 635 g/mol. The predicted octanol–water partition coefficient (Wildman–Crippen LogP) is 4.48. The molecule has 0 fully saturated rings. The molecule has 0 aliphatic rings. The SMILES string of the molecule is C[C](C)=[Zr+2].[Cl-].[Cl-].c1ccc2c(c1)c1ccccc1c1[cH-]ccc21.c1ccc2c(c1)c1ccccc1c1[cH-]ccc21. The molecule has 3 heteroatoms. The van der Waals surface area contributed by atoms with Gasteiger partial charge >= 0.3 is 41.3 Å². The Morgan fingerprint density at radius 2 is 0.600 bits per heavy atom. The molecule has 0 atom stereocenters. The van der Waals surface area contributed by atoms with E-state index < -0.39 is 0 Å². The quantitative estimate of drug-likeness (QED) is 0.171. The maximum atomic E-state index is 2.21. The largest absolute Gasteiger partial charge is 1.00 e. The fourth-order valence-corrected chi connectivity index (χ4v) is 5.59. The summed E-state index contributed by atoms with van der Waals surface area (Å²) >= 11 is 1.55. The van der Waals surface area contributed by atoms with Gasteiger partial charge in [-0.2, -0.15) is 24.3 Å². The summed E-state index contributed by atoms with van der Waals surface area (Å²) in [5, 5.41) is 16.2. The van der Waals surface area contributed by atoms with E-state index in [2.05, 4.69) is 147 Å². The van der Waals surface area contributed by atoms with Crippen molar-refractivity contribution in [3.8, 4) is 0 Å². The van der Waals surface area contributed by atoms with Gasteiger partial charge in [0.1, 0.15) is 0 Å². The number of hydrogen-bond donors (Lipinski definition) is 0. The van der Waals surface area contributed by atoms with Crippen LogP contribution < -0.4 is 24.8 Å². The van der Waals surface area contributed by atoms with E-state index in [0.717, 1.165) is 0 Å². The van der Waals surface area contributed by atoms with Crippen molar-refractivity contribution in [1.29, 1.82) is 0 Å².